The molecule has 0 saturated carbocycles. The zero-order chi connectivity index (χ0) is 19.8. The van der Waals surface area contributed by atoms with Crippen molar-refractivity contribution in [2.75, 3.05) is 43.6 Å². The maximum atomic E-state index is 5.97. The van der Waals surface area contributed by atoms with Crippen LogP contribution in [0.4, 0.5) is 11.6 Å². The van der Waals surface area contributed by atoms with Gasteiger partial charge in [0.1, 0.15) is 11.6 Å². The standard InChI is InChI=1S/C20H27N7O2/c1-14-13-28-10-8-25(14)18-11-17(21-2)27-20(24-18)15(12-23-27)16-6-7-22-26(16)19-5-3-4-9-29-19/h6-7,11-12,14,19,21H,3-5,8-10,13H2,1-2H3. The first-order valence-corrected chi connectivity index (χ1v) is 10.3. The molecule has 9 nitrogen and oxygen atoms in total. The Balaban J connectivity index is 1.61. The number of fused-ring (bicyclic) bond motifs is 1. The summed E-state index contributed by atoms with van der Waals surface area (Å²) < 4.78 is 15.4. The van der Waals surface area contributed by atoms with Crippen molar-refractivity contribution in [3.8, 4) is 11.3 Å². The highest BCUT2D eigenvalue weighted by molar-refractivity contribution is 5.77. The molecule has 2 atom stereocenters. The quantitative estimate of drug-likeness (QED) is 0.724. The highest BCUT2D eigenvalue weighted by atomic mass is 16.5. The van der Waals surface area contributed by atoms with Crippen molar-refractivity contribution in [3.63, 3.8) is 0 Å². The molecule has 29 heavy (non-hydrogen) atoms. The van der Waals surface area contributed by atoms with Crippen LogP contribution in [0.15, 0.2) is 24.5 Å². The van der Waals surface area contributed by atoms with Gasteiger partial charge in [-0.3, -0.25) is 0 Å². The Kier molecular flexibility index (Phi) is 4.84. The van der Waals surface area contributed by atoms with Gasteiger partial charge in [0.25, 0.3) is 0 Å². The van der Waals surface area contributed by atoms with Gasteiger partial charge >= 0.3 is 0 Å². The van der Waals surface area contributed by atoms with E-state index in [4.69, 9.17) is 14.5 Å². The summed E-state index contributed by atoms with van der Waals surface area (Å²) in [7, 11) is 1.91. The number of rotatable bonds is 4. The number of hydrogen-bond donors (Lipinski definition) is 1. The molecule has 0 spiro atoms. The third-order valence-corrected chi connectivity index (χ3v) is 5.75. The number of morpholine rings is 1. The smallest absolute Gasteiger partial charge is 0.169 e. The summed E-state index contributed by atoms with van der Waals surface area (Å²) in [6.07, 6.45) is 6.89. The third-order valence-electron chi connectivity index (χ3n) is 5.75. The second-order valence-electron chi connectivity index (χ2n) is 7.64. The van der Waals surface area contributed by atoms with Gasteiger partial charge in [-0.25, -0.2) is 9.67 Å². The van der Waals surface area contributed by atoms with Crippen LogP contribution >= 0.6 is 0 Å². The molecule has 0 amide bonds. The summed E-state index contributed by atoms with van der Waals surface area (Å²) in [5, 5.41) is 12.4. The lowest BCUT2D eigenvalue weighted by Gasteiger charge is -2.34. The van der Waals surface area contributed by atoms with Crippen molar-refractivity contribution < 1.29 is 9.47 Å². The molecular weight excluding hydrogens is 370 g/mol. The van der Waals surface area contributed by atoms with Crippen LogP contribution < -0.4 is 10.2 Å². The predicted molar refractivity (Wildman–Crippen MR) is 110 cm³/mol. The van der Waals surface area contributed by atoms with Gasteiger partial charge in [0.2, 0.25) is 0 Å². The van der Waals surface area contributed by atoms with E-state index in [1.165, 1.54) is 0 Å². The van der Waals surface area contributed by atoms with Crippen LogP contribution in [0.5, 0.6) is 0 Å². The first-order valence-electron chi connectivity index (χ1n) is 10.3. The molecule has 5 rings (SSSR count). The van der Waals surface area contributed by atoms with Crippen molar-refractivity contribution >= 4 is 17.3 Å². The van der Waals surface area contributed by atoms with Crippen molar-refractivity contribution in [1.82, 2.24) is 24.4 Å². The molecule has 0 aliphatic carbocycles. The molecule has 0 bridgehead atoms. The van der Waals surface area contributed by atoms with Crippen LogP contribution in [-0.4, -0.2) is 63.8 Å². The highest BCUT2D eigenvalue weighted by Gasteiger charge is 2.25. The largest absolute Gasteiger partial charge is 0.377 e. The minimum Gasteiger partial charge on any atom is -0.377 e. The fraction of sp³-hybridized carbons (Fsp3) is 0.550. The maximum Gasteiger partial charge on any atom is 0.169 e. The molecule has 3 aromatic heterocycles. The van der Waals surface area contributed by atoms with Crippen LogP contribution in [0.25, 0.3) is 16.9 Å². The van der Waals surface area contributed by atoms with E-state index >= 15 is 0 Å². The van der Waals surface area contributed by atoms with E-state index in [1.54, 1.807) is 0 Å². The molecule has 3 aromatic rings. The molecule has 2 fully saturated rings. The molecule has 0 aromatic carbocycles. The lowest BCUT2D eigenvalue weighted by molar-refractivity contribution is -0.0383. The molecule has 2 saturated heterocycles. The number of aromatic nitrogens is 5. The summed E-state index contributed by atoms with van der Waals surface area (Å²) in [5.41, 5.74) is 2.74. The number of hydrogen-bond acceptors (Lipinski definition) is 7. The molecular formula is C20H27N7O2. The minimum atomic E-state index is -0.0325. The van der Waals surface area contributed by atoms with E-state index < -0.39 is 0 Å². The van der Waals surface area contributed by atoms with Crippen LogP contribution in [0.3, 0.4) is 0 Å². The molecule has 2 aliphatic rings. The first-order chi connectivity index (χ1) is 14.3. The topological polar surface area (TPSA) is 81.7 Å². The average molecular weight is 397 g/mol. The molecule has 2 aliphatic heterocycles. The highest BCUT2D eigenvalue weighted by Crippen LogP contribution is 2.32. The monoisotopic (exact) mass is 397 g/mol. The Morgan fingerprint density at radius 1 is 1.21 bits per heavy atom. The fourth-order valence-corrected chi connectivity index (χ4v) is 4.20. The van der Waals surface area contributed by atoms with Crippen LogP contribution in [0.2, 0.25) is 0 Å². The van der Waals surface area contributed by atoms with Gasteiger partial charge in [-0.05, 0) is 32.3 Å². The zero-order valence-electron chi connectivity index (χ0n) is 16.9. The van der Waals surface area contributed by atoms with Crippen molar-refractivity contribution in [3.05, 3.63) is 24.5 Å². The molecule has 0 radical (unpaired) electrons. The molecule has 5 heterocycles. The number of anilines is 2. The second kappa shape index (κ2) is 7.64. The van der Waals surface area contributed by atoms with Crippen LogP contribution in [0, 0.1) is 0 Å². The van der Waals surface area contributed by atoms with Crippen LogP contribution in [-0.2, 0) is 9.47 Å². The Bertz CT molecular complexity index is 992. The average Bonchev–Trinajstić information content (AvgIpc) is 3.40. The molecule has 2 unspecified atom stereocenters. The maximum absolute atomic E-state index is 5.97. The van der Waals surface area contributed by atoms with E-state index in [-0.39, 0.29) is 12.3 Å². The Morgan fingerprint density at radius 2 is 2.14 bits per heavy atom. The van der Waals surface area contributed by atoms with Gasteiger partial charge in [-0.15, -0.1) is 0 Å². The summed E-state index contributed by atoms with van der Waals surface area (Å²) in [6.45, 7) is 5.19. The lowest BCUT2D eigenvalue weighted by atomic mass is 10.1. The zero-order valence-corrected chi connectivity index (χ0v) is 16.9. The normalized spacial score (nSPS) is 22.9. The Morgan fingerprint density at radius 3 is 2.93 bits per heavy atom. The summed E-state index contributed by atoms with van der Waals surface area (Å²) in [5.74, 6) is 1.83. The number of nitrogens with zero attached hydrogens (tertiary/aromatic N) is 6. The van der Waals surface area contributed by atoms with Crippen molar-refractivity contribution in [1.29, 1.82) is 0 Å². The fourth-order valence-electron chi connectivity index (χ4n) is 4.20. The predicted octanol–water partition coefficient (Wildman–Crippen LogP) is 2.56. The second-order valence-corrected chi connectivity index (χ2v) is 7.64. The van der Waals surface area contributed by atoms with Crippen LogP contribution in [0.1, 0.15) is 32.4 Å². The van der Waals surface area contributed by atoms with Gasteiger partial charge in [0, 0.05) is 32.5 Å². The lowest BCUT2D eigenvalue weighted by Crippen LogP contribution is -2.44. The molecule has 9 heteroatoms. The summed E-state index contributed by atoms with van der Waals surface area (Å²) in [6, 6.07) is 4.34. The number of nitrogens with one attached hydrogen (secondary N) is 1. The Hall–Kier alpha value is -2.65. The van der Waals surface area contributed by atoms with Gasteiger partial charge < -0.3 is 19.7 Å². The van der Waals surface area contributed by atoms with Crippen molar-refractivity contribution in [2.24, 2.45) is 0 Å². The van der Waals surface area contributed by atoms with Gasteiger partial charge in [0.15, 0.2) is 11.9 Å². The third kappa shape index (κ3) is 3.24. The van der Waals surface area contributed by atoms with E-state index in [1.807, 2.05) is 40.8 Å². The minimum absolute atomic E-state index is 0.0325. The summed E-state index contributed by atoms with van der Waals surface area (Å²) >= 11 is 0. The SMILES string of the molecule is CNc1cc(N2CCOCC2C)nc2c(-c3ccnn3C3CCCCO3)cnn12. The van der Waals surface area contributed by atoms with E-state index in [9.17, 15) is 0 Å². The van der Waals surface area contributed by atoms with Gasteiger partial charge in [-0.2, -0.15) is 14.7 Å². The summed E-state index contributed by atoms with van der Waals surface area (Å²) in [4.78, 5) is 7.30. The molecule has 1 N–H and O–H groups in total. The van der Waals surface area contributed by atoms with Crippen molar-refractivity contribution in [2.45, 2.75) is 38.5 Å². The van der Waals surface area contributed by atoms with E-state index in [2.05, 4.69) is 27.3 Å². The number of ether oxygens (including phenoxy) is 2. The molecule has 154 valence electrons. The van der Waals surface area contributed by atoms with E-state index in [0.717, 1.165) is 61.0 Å². The Labute approximate surface area is 169 Å². The van der Waals surface area contributed by atoms with E-state index in [0.29, 0.717) is 13.2 Å². The van der Waals surface area contributed by atoms with Gasteiger partial charge in [0.05, 0.1) is 36.7 Å². The van der Waals surface area contributed by atoms with Gasteiger partial charge in [-0.1, -0.05) is 0 Å². The first kappa shape index (κ1) is 18.4.